The summed E-state index contributed by atoms with van der Waals surface area (Å²) in [6.07, 6.45) is 13.3. The minimum absolute atomic E-state index is 0. The Hall–Kier alpha value is -0.876. The van der Waals surface area contributed by atoms with E-state index in [0.29, 0.717) is 17.0 Å². The van der Waals surface area contributed by atoms with Crippen molar-refractivity contribution in [1.82, 2.24) is 0 Å². The summed E-state index contributed by atoms with van der Waals surface area (Å²) < 4.78 is 5.22. The van der Waals surface area contributed by atoms with Crippen LogP contribution >= 0.6 is 7.05 Å². The second kappa shape index (κ2) is 13.3. The molecule has 0 N–H and O–H groups in total. The maximum Gasteiger partial charge on any atom is 0.0425 e. The van der Waals surface area contributed by atoms with Gasteiger partial charge in [0.05, 0.1) is 0 Å². The Morgan fingerprint density at radius 3 is 1.93 bits per heavy atom. The van der Waals surface area contributed by atoms with E-state index in [2.05, 4.69) is 78.5 Å². The fourth-order valence-electron chi connectivity index (χ4n) is 3.61. The van der Waals surface area contributed by atoms with Crippen LogP contribution in [0.1, 0.15) is 53.5 Å². The van der Waals surface area contributed by atoms with E-state index in [1.165, 1.54) is 11.3 Å². The molecular formula is C24H36NPTi. The van der Waals surface area contributed by atoms with Crippen molar-refractivity contribution in [2.24, 2.45) is 4.74 Å². The molecule has 0 spiro atoms. The number of hydrogen-bond acceptors (Lipinski definition) is 1. The SMILES string of the molecule is C=CC=Cc1ccccc1.CC(C)P(=NC1=CC=CC1)(C(C)C)C(C)C.[Ti]. The third kappa shape index (κ3) is 7.94. The van der Waals surface area contributed by atoms with Gasteiger partial charge in [-0.1, -0.05) is 109 Å². The number of rotatable bonds is 6. The molecule has 146 valence electrons. The third-order valence-electron chi connectivity index (χ3n) is 4.76. The number of nitrogens with zero attached hydrogens (tertiary/aromatic N) is 1. The predicted octanol–water partition coefficient (Wildman–Crippen LogP) is 8.14. The molecule has 0 bridgehead atoms. The first-order chi connectivity index (χ1) is 12.3. The Labute approximate surface area is 182 Å². The summed E-state index contributed by atoms with van der Waals surface area (Å²) in [5.74, 6) is 0. The van der Waals surface area contributed by atoms with Gasteiger partial charge in [0.15, 0.2) is 0 Å². The van der Waals surface area contributed by atoms with E-state index in [4.69, 9.17) is 4.74 Å². The Kier molecular flexibility index (Phi) is 12.9. The van der Waals surface area contributed by atoms with Crippen LogP contribution in [-0.2, 0) is 21.7 Å². The molecule has 1 aromatic carbocycles. The summed E-state index contributed by atoms with van der Waals surface area (Å²) in [5.41, 5.74) is 4.57. The number of hydrogen-bond donors (Lipinski definition) is 0. The Balaban J connectivity index is 0.000000531. The van der Waals surface area contributed by atoms with Gasteiger partial charge < -0.3 is 0 Å². The molecule has 0 aromatic heterocycles. The van der Waals surface area contributed by atoms with Crippen LogP contribution < -0.4 is 0 Å². The molecule has 3 heteroatoms. The Morgan fingerprint density at radius 1 is 0.963 bits per heavy atom. The van der Waals surface area contributed by atoms with E-state index >= 15 is 0 Å². The van der Waals surface area contributed by atoms with Crippen LogP contribution in [-0.4, -0.2) is 17.0 Å². The molecule has 0 heterocycles. The number of benzene rings is 1. The first-order valence-electron chi connectivity index (χ1n) is 9.65. The third-order valence-corrected chi connectivity index (χ3v) is 10.3. The maximum absolute atomic E-state index is 5.22. The van der Waals surface area contributed by atoms with Crippen molar-refractivity contribution in [3.05, 3.63) is 78.6 Å². The molecule has 1 nitrogen and oxygen atoms in total. The Morgan fingerprint density at radius 2 is 1.52 bits per heavy atom. The molecule has 27 heavy (non-hydrogen) atoms. The van der Waals surface area contributed by atoms with Crippen LogP contribution in [0.25, 0.3) is 6.08 Å². The van der Waals surface area contributed by atoms with Crippen LogP contribution in [0.5, 0.6) is 0 Å². The topological polar surface area (TPSA) is 12.4 Å². The second-order valence-corrected chi connectivity index (χ2v) is 12.4. The molecule has 0 amide bonds. The van der Waals surface area contributed by atoms with Crippen molar-refractivity contribution in [3.63, 3.8) is 0 Å². The van der Waals surface area contributed by atoms with Gasteiger partial charge in [-0.3, -0.25) is 4.74 Å². The van der Waals surface area contributed by atoms with Gasteiger partial charge in [0.1, 0.15) is 0 Å². The number of allylic oxidation sites excluding steroid dienone is 5. The maximum atomic E-state index is 5.22. The monoisotopic (exact) mass is 417 g/mol. The van der Waals surface area contributed by atoms with Gasteiger partial charge in [-0.15, -0.1) is 0 Å². The molecule has 0 unspecified atom stereocenters. The summed E-state index contributed by atoms with van der Waals surface area (Å²) in [4.78, 5) is 0. The zero-order chi connectivity index (χ0) is 19.6. The summed E-state index contributed by atoms with van der Waals surface area (Å²) in [5, 5.41) is 0. The molecule has 0 saturated carbocycles. The average Bonchev–Trinajstić information content (AvgIpc) is 3.11. The van der Waals surface area contributed by atoms with Crippen molar-refractivity contribution in [1.29, 1.82) is 0 Å². The van der Waals surface area contributed by atoms with E-state index in [0.717, 1.165) is 6.42 Å². The molecule has 1 aliphatic rings. The molecule has 0 fully saturated rings. The van der Waals surface area contributed by atoms with E-state index in [1.54, 1.807) is 6.08 Å². The first kappa shape index (κ1) is 26.1. The van der Waals surface area contributed by atoms with E-state index in [9.17, 15) is 0 Å². The standard InChI is InChI=1S/C14H26NP.C10H10.Ti/c1-11(2)16(12(3)4,13(5)6)15-14-9-7-8-10-14;1-2-3-7-10-8-5-4-6-9-10;/h7-9,11-13H,10H2,1-6H3;2-9H,1H2;. The molecular weight excluding hydrogens is 381 g/mol. The van der Waals surface area contributed by atoms with Gasteiger partial charge >= 0.3 is 0 Å². The molecule has 0 aliphatic heterocycles. The van der Waals surface area contributed by atoms with Crippen LogP contribution in [0.3, 0.4) is 0 Å². The van der Waals surface area contributed by atoms with Gasteiger partial charge in [0, 0.05) is 33.8 Å². The second-order valence-electron chi connectivity index (χ2n) is 7.47. The van der Waals surface area contributed by atoms with Crippen LogP contribution in [0.15, 0.2) is 77.7 Å². The molecule has 0 saturated heterocycles. The van der Waals surface area contributed by atoms with Crippen molar-refractivity contribution in [2.45, 2.75) is 64.9 Å². The summed E-state index contributed by atoms with van der Waals surface area (Å²) >= 11 is 0. The van der Waals surface area contributed by atoms with Gasteiger partial charge in [-0.2, -0.15) is 0 Å². The molecule has 2 rings (SSSR count). The summed E-state index contributed by atoms with van der Waals surface area (Å²) in [7, 11) is -1.24. The quantitative estimate of drug-likeness (QED) is 0.252. The smallest absolute Gasteiger partial charge is 0.0425 e. The van der Waals surface area contributed by atoms with E-state index < -0.39 is 7.05 Å². The van der Waals surface area contributed by atoms with Crippen LogP contribution in [0.4, 0.5) is 0 Å². The van der Waals surface area contributed by atoms with Crippen molar-refractivity contribution < 1.29 is 21.7 Å². The van der Waals surface area contributed by atoms with Crippen molar-refractivity contribution >= 4 is 13.1 Å². The fourth-order valence-corrected chi connectivity index (χ4v) is 8.47. The van der Waals surface area contributed by atoms with Gasteiger partial charge in [-0.05, 0) is 35.7 Å². The molecule has 1 aliphatic carbocycles. The Bertz CT molecular complexity index is 666. The fraction of sp³-hybridized carbons (Fsp3) is 0.417. The zero-order valence-electron chi connectivity index (χ0n) is 17.9. The first-order valence-corrected chi connectivity index (χ1v) is 11.6. The van der Waals surface area contributed by atoms with Crippen molar-refractivity contribution in [3.8, 4) is 0 Å². The van der Waals surface area contributed by atoms with Crippen molar-refractivity contribution in [2.75, 3.05) is 0 Å². The average molecular weight is 417 g/mol. The van der Waals surface area contributed by atoms with Gasteiger partial charge in [0.2, 0.25) is 0 Å². The molecule has 1 aromatic rings. The zero-order valence-corrected chi connectivity index (χ0v) is 20.3. The summed E-state index contributed by atoms with van der Waals surface area (Å²) in [6.45, 7) is 17.7. The predicted molar refractivity (Wildman–Crippen MR) is 122 cm³/mol. The van der Waals surface area contributed by atoms with Crippen LogP contribution in [0, 0.1) is 0 Å². The summed E-state index contributed by atoms with van der Waals surface area (Å²) in [6, 6.07) is 10.1. The minimum atomic E-state index is -1.24. The van der Waals surface area contributed by atoms with E-state index in [-0.39, 0.29) is 21.7 Å². The minimum Gasteiger partial charge on any atom is -0.271 e. The largest absolute Gasteiger partial charge is 0.271 e. The normalized spacial score (nSPS) is 13.4. The van der Waals surface area contributed by atoms with Gasteiger partial charge in [0.25, 0.3) is 0 Å². The van der Waals surface area contributed by atoms with Gasteiger partial charge in [-0.25, -0.2) is 0 Å². The molecule has 0 radical (unpaired) electrons. The van der Waals surface area contributed by atoms with Crippen LogP contribution in [0.2, 0.25) is 0 Å². The van der Waals surface area contributed by atoms with E-state index in [1.807, 2.05) is 30.4 Å². The molecule has 0 atom stereocenters.